The van der Waals surface area contributed by atoms with Gasteiger partial charge in [-0.2, -0.15) is 0 Å². The molecule has 3 aliphatic rings. The van der Waals surface area contributed by atoms with Gasteiger partial charge in [-0.1, -0.05) is 6.07 Å². The van der Waals surface area contributed by atoms with Gasteiger partial charge in [-0.05, 0) is 12.1 Å². The molecule has 0 saturated carbocycles. The number of carbonyl (C=O) groups excluding carboxylic acids is 3. The summed E-state index contributed by atoms with van der Waals surface area (Å²) in [6.07, 6.45) is -35.5. The molecule has 0 spiro atoms. The van der Waals surface area contributed by atoms with Gasteiger partial charge in [-0.15, -0.1) is 0 Å². The van der Waals surface area contributed by atoms with Crippen molar-refractivity contribution in [1.29, 1.82) is 0 Å². The van der Waals surface area contributed by atoms with Crippen LogP contribution in [-0.4, -0.2) is 272 Å². The number of aromatic nitrogens is 1. The van der Waals surface area contributed by atoms with Gasteiger partial charge in [-0.3, -0.25) is 14.4 Å². The molecule has 31 heteroatoms. The molecule has 4 heterocycles. The third-order valence-corrected chi connectivity index (χ3v) is 12.0. The van der Waals surface area contributed by atoms with Crippen molar-refractivity contribution in [2.24, 2.45) is 0 Å². The van der Waals surface area contributed by atoms with Crippen LogP contribution < -0.4 is 21.3 Å². The van der Waals surface area contributed by atoms with Crippen LogP contribution in [0.25, 0.3) is 0 Å². The second kappa shape index (κ2) is 26.2. The van der Waals surface area contributed by atoms with Crippen LogP contribution in [0.15, 0.2) is 24.4 Å². The summed E-state index contributed by atoms with van der Waals surface area (Å²) in [7, 11) is 0. The Bertz CT molecular complexity index is 1950. The summed E-state index contributed by atoms with van der Waals surface area (Å²) in [6.45, 7) is -2.15. The topological polar surface area (TPSA) is 505 Å². The first-order valence-electron chi connectivity index (χ1n) is 22.3. The van der Waals surface area contributed by atoms with Gasteiger partial charge in [0.1, 0.15) is 85.2 Å². The lowest BCUT2D eigenvalue weighted by atomic mass is 9.88. The number of anilines is 1. The number of hydrogen-bond donors (Lipinski definition) is 19. The summed E-state index contributed by atoms with van der Waals surface area (Å²) in [4.78, 5) is 66.8. The van der Waals surface area contributed by atoms with Gasteiger partial charge in [0, 0.05) is 46.4 Å². The SMILES string of the molecule is CC(=O)N[C@H]1[C@H]([C@H](O)[C@H](O)CO)O[C@@](OC[C@@H](O)[C@H](O)[C@H](O[C@@H]2O[C@H](CO)[C@H](O)[C@H](O[C@]3(C(=O)O)C[C@H](O)[C@@H](NC(C)=O)[C@H]([C@H](O)[C@H](O)CO)O3)[C@H]2O)[C@H](CNc2ccccn2)NC(C)=O)(C(=O)O)C[C@@H]1O. The average molecular weight is 1040 g/mol. The van der Waals surface area contributed by atoms with Crippen LogP contribution >= 0.6 is 0 Å². The predicted molar refractivity (Wildman–Crippen MR) is 231 cm³/mol. The number of carbonyl (C=O) groups is 5. The van der Waals surface area contributed by atoms with Crippen LogP contribution in [0.1, 0.15) is 33.6 Å². The number of nitrogens with one attached hydrogen (secondary N) is 4. The van der Waals surface area contributed by atoms with E-state index in [0.717, 1.165) is 20.8 Å². The minimum Gasteiger partial charge on any atom is -0.477 e. The van der Waals surface area contributed by atoms with Gasteiger partial charge in [0.05, 0.1) is 56.8 Å². The van der Waals surface area contributed by atoms with Crippen molar-refractivity contribution in [3.63, 3.8) is 0 Å². The lowest BCUT2D eigenvalue weighted by Gasteiger charge is -2.50. The van der Waals surface area contributed by atoms with Crippen molar-refractivity contribution in [2.45, 2.75) is 161 Å². The Morgan fingerprint density at radius 3 is 1.74 bits per heavy atom. The maximum atomic E-state index is 13.1. The zero-order valence-corrected chi connectivity index (χ0v) is 38.9. The van der Waals surface area contributed by atoms with E-state index in [1.165, 1.54) is 12.3 Å². The van der Waals surface area contributed by atoms with E-state index >= 15 is 0 Å². The quantitative estimate of drug-likeness (QED) is 0.0432. The first kappa shape index (κ1) is 60.1. The summed E-state index contributed by atoms with van der Waals surface area (Å²) < 4.78 is 34.1. The number of amides is 3. The van der Waals surface area contributed by atoms with Crippen molar-refractivity contribution in [2.75, 3.05) is 38.3 Å². The van der Waals surface area contributed by atoms with E-state index in [-0.39, 0.29) is 5.82 Å². The molecule has 31 nitrogen and oxygen atoms in total. The fourth-order valence-electron chi connectivity index (χ4n) is 8.35. The fourth-order valence-corrected chi connectivity index (χ4v) is 8.35. The van der Waals surface area contributed by atoms with Gasteiger partial charge in [-0.25, -0.2) is 14.6 Å². The summed E-state index contributed by atoms with van der Waals surface area (Å²) in [5.74, 6) is -12.6. The van der Waals surface area contributed by atoms with Crippen LogP contribution in [0.4, 0.5) is 5.82 Å². The van der Waals surface area contributed by atoms with Gasteiger partial charge in [0.15, 0.2) is 6.29 Å². The molecule has 410 valence electrons. The smallest absolute Gasteiger partial charge is 0.364 e. The van der Waals surface area contributed by atoms with Crippen molar-refractivity contribution >= 4 is 35.5 Å². The zero-order valence-electron chi connectivity index (χ0n) is 38.9. The number of carboxylic acids is 2. The van der Waals surface area contributed by atoms with Gasteiger partial charge in [0.25, 0.3) is 11.6 Å². The maximum Gasteiger partial charge on any atom is 0.364 e. The number of rotatable bonds is 25. The number of aliphatic hydroxyl groups is 13. The third kappa shape index (κ3) is 14.4. The molecule has 4 rings (SSSR count). The molecule has 72 heavy (non-hydrogen) atoms. The first-order valence-corrected chi connectivity index (χ1v) is 22.3. The minimum atomic E-state index is -3.22. The Morgan fingerprint density at radius 1 is 0.750 bits per heavy atom. The molecule has 0 bridgehead atoms. The molecule has 0 unspecified atom stereocenters. The number of nitrogens with zero attached hydrogens (tertiary/aromatic N) is 1. The van der Waals surface area contributed by atoms with Crippen molar-refractivity contribution in [3.8, 4) is 0 Å². The molecule has 0 radical (unpaired) electrons. The minimum absolute atomic E-state index is 0.164. The van der Waals surface area contributed by atoms with E-state index in [9.17, 15) is 101 Å². The summed E-state index contributed by atoms with van der Waals surface area (Å²) in [6, 6.07) is -0.279. The Balaban J connectivity index is 1.74. The first-order chi connectivity index (χ1) is 33.8. The van der Waals surface area contributed by atoms with Gasteiger partial charge < -0.3 is 126 Å². The van der Waals surface area contributed by atoms with E-state index < -0.39 is 203 Å². The van der Waals surface area contributed by atoms with E-state index in [1.807, 2.05) is 0 Å². The van der Waals surface area contributed by atoms with Crippen molar-refractivity contribution < 1.29 is 129 Å². The average Bonchev–Trinajstić information content (AvgIpc) is 3.33. The molecule has 3 aliphatic heterocycles. The highest BCUT2D eigenvalue weighted by Crippen LogP contribution is 2.39. The molecule has 21 atom stereocenters. The Kier molecular flexibility index (Phi) is 21.8. The molecule has 0 aromatic carbocycles. The summed E-state index contributed by atoms with van der Waals surface area (Å²) in [5, 5.41) is 171. The number of pyridine rings is 1. The van der Waals surface area contributed by atoms with E-state index in [0.29, 0.717) is 0 Å². The number of ether oxygens (including phenoxy) is 6. The van der Waals surface area contributed by atoms with Crippen LogP contribution in [-0.2, 0) is 52.4 Å². The van der Waals surface area contributed by atoms with E-state index in [1.54, 1.807) is 12.1 Å². The highest BCUT2D eigenvalue weighted by molar-refractivity contribution is 5.77. The van der Waals surface area contributed by atoms with Crippen LogP contribution in [0.3, 0.4) is 0 Å². The largest absolute Gasteiger partial charge is 0.477 e. The van der Waals surface area contributed by atoms with E-state index in [2.05, 4.69) is 26.3 Å². The van der Waals surface area contributed by atoms with Crippen molar-refractivity contribution in [3.05, 3.63) is 24.4 Å². The van der Waals surface area contributed by atoms with Gasteiger partial charge in [0.2, 0.25) is 17.7 Å². The molecular weight excluding hydrogens is 978 g/mol. The lowest BCUT2D eigenvalue weighted by Crippen LogP contribution is -2.70. The van der Waals surface area contributed by atoms with E-state index in [4.69, 9.17) is 28.4 Å². The molecule has 1 aromatic heterocycles. The maximum absolute atomic E-state index is 13.1. The molecule has 3 amide bonds. The molecule has 0 aliphatic carbocycles. The Hall–Kier alpha value is -4.46. The number of aliphatic carboxylic acids is 2. The normalized spacial score (nSPS) is 34.2. The molecule has 3 saturated heterocycles. The van der Waals surface area contributed by atoms with Crippen molar-refractivity contribution in [1.82, 2.24) is 20.9 Å². The summed E-state index contributed by atoms with van der Waals surface area (Å²) in [5.41, 5.74) is 0. The predicted octanol–water partition coefficient (Wildman–Crippen LogP) is -9.76. The third-order valence-electron chi connectivity index (χ3n) is 12.0. The molecule has 19 N–H and O–H groups in total. The highest BCUT2D eigenvalue weighted by Gasteiger charge is 2.60. The molecule has 3 fully saturated rings. The fraction of sp³-hybridized carbons (Fsp3) is 0.756. The Morgan fingerprint density at radius 2 is 1.28 bits per heavy atom. The lowest BCUT2D eigenvalue weighted by molar-refractivity contribution is -0.375. The van der Waals surface area contributed by atoms with Crippen LogP contribution in [0, 0.1) is 0 Å². The second-order valence-electron chi connectivity index (χ2n) is 17.4. The number of hydrogen-bond acceptors (Lipinski definition) is 26. The standard InChI is InChI=1S/C41H65N5O26/c1-15(50)44-18(10-43-25-6-4-5-7-42-25)33(30(60)23(57)14-67-40(38(63)64)8-19(53)26(45-16(2)51)34(70-40)28(58)21(55)11-47)69-37-32(62)36(31(61)24(13-49)68-37)72-41(39(65)66)9-20(54)27(46-17(3)52)35(71-41)29(59)22(56)12-48/h4-7,18-24,26-37,47-49,53-62H,8-14H2,1-3H3,(H,42,43)(H,44,50)(H,45,51)(H,46,52)(H,63,64)(H,65,66)/t18-,19-,20-,21+,22+,23+,24+,26+,27+,28+,29+,30-,31-,32+,33+,34+,35+,36-,37-,40+,41-/m0/s1. The molecular formula is C41H65N5O26. The zero-order chi connectivity index (χ0) is 54.0. The Labute approximate surface area is 408 Å². The monoisotopic (exact) mass is 1040 g/mol. The number of carboxylic acid groups (broad SMARTS) is 2. The van der Waals surface area contributed by atoms with Gasteiger partial charge >= 0.3 is 11.9 Å². The highest BCUT2D eigenvalue weighted by atomic mass is 16.8. The summed E-state index contributed by atoms with van der Waals surface area (Å²) >= 11 is 0. The van der Waals surface area contributed by atoms with Crippen LogP contribution in [0.5, 0.6) is 0 Å². The van der Waals surface area contributed by atoms with Crippen LogP contribution in [0.2, 0.25) is 0 Å². The molecule has 1 aromatic rings. The number of aliphatic hydroxyl groups excluding tert-OH is 13. The second-order valence-corrected chi connectivity index (χ2v) is 17.4.